The Morgan fingerprint density at radius 3 is 2.40 bits per heavy atom. The molecular weight excluding hydrogens is 220 g/mol. The summed E-state index contributed by atoms with van der Waals surface area (Å²) in [6.45, 7) is 0. The van der Waals surface area contributed by atoms with E-state index in [0.29, 0.717) is 6.21 Å². The zero-order valence-corrected chi connectivity index (χ0v) is 8.15. The van der Waals surface area contributed by atoms with Crippen molar-refractivity contribution in [2.24, 2.45) is 10.1 Å². The zero-order valence-electron chi connectivity index (χ0n) is 7.34. The molecule has 2 aliphatic rings. The van der Waals surface area contributed by atoms with Crippen LogP contribution in [0.3, 0.4) is 0 Å². The summed E-state index contributed by atoms with van der Waals surface area (Å²) in [6.07, 6.45) is 4.28. The lowest BCUT2D eigenvalue weighted by molar-refractivity contribution is -0.133. The molecule has 0 bridgehead atoms. The monoisotopic (exact) mass is 226 g/mol. The topological polar surface area (TPSA) is 100.0 Å². The number of aliphatic imine (C=N–C) groups is 1. The Bertz CT molecular complexity index is 362. The summed E-state index contributed by atoms with van der Waals surface area (Å²) in [5.74, 6) is -1.72. The number of amides is 3. The fourth-order valence-corrected chi connectivity index (χ4v) is 0.907. The second-order valence-corrected chi connectivity index (χ2v) is 2.89. The summed E-state index contributed by atoms with van der Waals surface area (Å²) in [5.41, 5.74) is 0. The molecule has 78 valence electrons. The second kappa shape index (κ2) is 5.70. The van der Waals surface area contributed by atoms with Crippen LogP contribution in [0.15, 0.2) is 21.6 Å². The van der Waals surface area contributed by atoms with Gasteiger partial charge in [0.25, 0.3) is 5.78 Å². The van der Waals surface area contributed by atoms with Crippen LogP contribution in [0.4, 0.5) is 4.79 Å². The molecule has 0 radical (unpaired) electrons. The van der Waals surface area contributed by atoms with Gasteiger partial charge in [-0.1, -0.05) is 0 Å². The number of imide groups is 1. The molecule has 2 N–H and O–H groups in total. The van der Waals surface area contributed by atoms with Gasteiger partial charge in [-0.05, 0) is 23.4 Å². The molecule has 0 aromatic carbocycles. The van der Waals surface area contributed by atoms with Gasteiger partial charge in [-0.3, -0.25) is 14.9 Å². The van der Waals surface area contributed by atoms with Crippen LogP contribution in [0.25, 0.3) is 0 Å². The van der Waals surface area contributed by atoms with Crippen molar-refractivity contribution < 1.29 is 14.4 Å². The summed E-state index contributed by atoms with van der Waals surface area (Å²) in [7, 11) is 0. The van der Waals surface area contributed by atoms with E-state index in [1.54, 1.807) is 11.5 Å². The highest BCUT2D eigenvalue weighted by Crippen LogP contribution is 1.95. The van der Waals surface area contributed by atoms with E-state index in [2.05, 4.69) is 14.9 Å². The van der Waals surface area contributed by atoms with Crippen molar-refractivity contribution in [2.45, 2.75) is 0 Å². The normalized spacial score (nSPS) is 17.7. The molecule has 7 nitrogen and oxygen atoms in total. The quantitative estimate of drug-likeness (QED) is 0.433. The van der Waals surface area contributed by atoms with Gasteiger partial charge in [0.15, 0.2) is 0 Å². The van der Waals surface area contributed by atoms with E-state index in [1.807, 2.05) is 11.5 Å². The highest BCUT2D eigenvalue weighted by atomic mass is 32.2. The highest BCUT2D eigenvalue weighted by Gasteiger charge is 2.18. The molecular formula is C7H6N4O3S. The molecule has 0 saturated heterocycles. The SMILES string of the molecule is C1=CSNN=C1.O=C1N=CC(=O)C(=O)N1. The zero-order chi connectivity index (χ0) is 11.1. The number of hydrogen-bond donors (Lipinski definition) is 2. The standard InChI is InChI=1S/C4H2N2O3.C3H4N2S/c7-2-1-5-4(9)6-3(2)8;1-2-4-5-6-3-1/h1H,(H,6,8,9);1-3,5H. The molecule has 0 saturated carbocycles. The maximum absolute atomic E-state index is 10.2. The number of ketones is 1. The van der Waals surface area contributed by atoms with Crippen LogP contribution in [-0.4, -0.2) is 30.2 Å². The molecule has 2 aliphatic heterocycles. The molecule has 8 heteroatoms. The lowest BCUT2D eigenvalue weighted by Gasteiger charge is -1.99. The maximum Gasteiger partial charge on any atom is 0.348 e. The molecule has 0 unspecified atom stereocenters. The van der Waals surface area contributed by atoms with Crippen LogP contribution in [0.1, 0.15) is 0 Å². The number of hydrazone groups is 1. The van der Waals surface area contributed by atoms with E-state index in [-0.39, 0.29) is 0 Å². The molecule has 15 heavy (non-hydrogen) atoms. The number of hydrogen-bond acceptors (Lipinski definition) is 6. The number of nitrogens with one attached hydrogen (secondary N) is 2. The van der Waals surface area contributed by atoms with Crippen molar-refractivity contribution >= 4 is 42.1 Å². The van der Waals surface area contributed by atoms with E-state index >= 15 is 0 Å². The fraction of sp³-hybridized carbons (Fsp3) is 0. The molecule has 0 atom stereocenters. The van der Waals surface area contributed by atoms with Crippen molar-refractivity contribution in [2.75, 3.05) is 0 Å². The van der Waals surface area contributed by atoms with E-state index in [1.165, 1.54) is 11.9 Å². The number of carbonyl (C=O) groups is 3. The van der Waals surface area contributed by atoms with Gasteiger partial charge in [-0.2, -0.15) is 10.1 Å². The van der Waals surface area contributed by atoms with Gasteiger partial charge < -0.3 is 0 Å². The van der Waals surface area contributed by atoms with Crippen molar-refractivity contribution in [1.29, 1.82) is 0 Å². The predicted molar refractivity (Wildman–Crippen MR) is 55.4 cm³/mol. The second-order valence-electron chi connectivity index (χ2n) is 2.20. The van der Waals surface area contributed by atoms with Gasteiger partial charge in [0, 0.05) is 6.21 Å². The molecule has 0 aromatic heterocycles. The Morgan fingerprint density at radius 2 is 2.07 bits per heavy atom. The van der Waals surface area contributed by atoms with Crippen LogP contribution in [0.5, 0.6) is 0 Å². The summed E-state index contributed by atoms with van der Waals surface area (Å²) >= 11 is 1.47. The average molecular weight is 226 g/mol. The number of allylic oxidation sites excluding steroid dienone is 1. The minimum Gasteiger partial charge on any atom is -0.282 e. The predicted octanol–water partition coefficient (Wildman–Crippen LogP) is -0.387. The van der Waals surface area contributed by atoms with Crippen molar-refractivity contribution in [3.63, 3.8) is 0 Å². The Hall–Kier alpha value is -1.96. The van der Waals surface area contributed by atoms with Crippen LogP contribution >= 0.6 is 11.9 Å². The van der Waals surface area contributed by atoms with E-state index < -0.39 is 17.7 Å². The van der Waals surface area contributed by atoms with Gasteiger partial charge in [0.1, 0.15) is 0 Å². The lowest BCUT2D eigenvalue weighted by Crippen LogP contribution is -2.38. The Labute approximate surface area is 88.8 Å². The summed E-state index contributed by atoms with van der Waals surface area (Å²) in [5, 5.41) is 7.31. The molecule has 0 fully saturated rings. The van der Waals surface area contributed by atoms with E-state index in [0.717, 1.165) is 0 Å². The molecule has 2 rings (SSSR count). The maximum atomic E-state index is 10.2. The third-order valence-corrected chi connectivity index (χ3v) is 1.66. The van der Waals surface area contributed by atoms with Crippen molar-refractivity contribution in [3.8, 4) is 0 Å². The first kappa shape index (κ1) is 11.1. The van der Waals surface area contributed by atoms with Gasteiger partial charge in [0.2, 0.25) is 0 Å². The third kappa shape index (κ3) is 4.18. The van der Waals surface area contributed by atoms with Gasteiger partial charge in [0.05, 0.1) is 6.21 Å². The first-order chi connectivity index (χ1) is 7.20. The minimum atomic E-state index is -0.921. The third-order valence-electron chi connectivity index (χ3n) is 1.16. The number of Topliss-reactive ketones (excluding diaryl/α,β-unsaturated/α-hetero) is 1. The average Bonchev–Trinajstić information content (AvgIpc) is 2.27. The fourth-order valence-electron chi connectivity index (χ4n) is 0.576. The van der Waals surface area contributed by atoms with Crippen molar-refractivity contribution in [3.05, 3.63) is 11.5 Å². The van der Waals surface area contributed by atoms with E-state index in [4.69, 9.17) is 0 Å². The largest absolute Gasteiger partial charge is 0.348 e. The number of nitrogens with zero attached hydrogens (tertiary/aromatic N) is 2. The van der Waals surface area contributed by atoms with Crippen molar-refractivity contribution in [1.82, 2.24) is 10.1 Å². The highest BCUT2D eigenvalue weighted by molar-refractivity contribution is 8.00. The molecule has 0 aliphatic carbocycles. The lowest BCUT2D eigenvalue weighted by atomic mass is 10.4. The molecule has 3 amide bonds. The molecule has 0 aromatic rings. The summed E-state index contributed by atoms with van der Waals surface area (Å²) in [4.78, 5) is 36.3. The molecule has 0 spiro atoms. The van der Waals surface area contributed by atoms with Crippen LogP contribution in [-0.2, 0) is 9.59 Å². The number of urea groups is 1. The van der Waals surface area contributed by atoms with Crippen LogP contribution in [0, 0.1) is 0 Å². The van der Waals surface area contributed by atoms with Gasteiger partial charge in [-0.25, -0.2) is 9.63 Å². The number of rotatable bonds is 0. The summed E-state index contributed by atoms with van der Waals surface area (Å²) < 4.78 is 0. The number of carbonyl (C=O) groups excluding carboxylic acids is 3. The van der Waals surface area contributed by atoms with Crippen LogP contribution < -0.4 is 10.1 Å². The Balaban J connectivity index is 0.000000162. The van der Waals surface area contributed by atoms with Crippen LogP contribution in [0.2, 0.25) is 0 Å². The van der Waals surface area contributed by atoms with Gasteiger partial charge >= 0.3 is 11.9 Å². The summed E-state index contributed by atoms with van der Waals surface area (Å²) in [6, 6.07) is -0.792. The first-order valence-corrected chi connectivity index (χ1v) is 4.60. The Kier molecular flexibility index (Phi) is 4.23. The Morgan fingerprint density at radius 1 is 1.27 bits per heavy atom. The molecule has 2 heterocycles. The van der Waals surface area contributed by atoms with Gasteiger partial charge in [-0.15, -0.1) is 0 Å². The smallest absolute Gasteiger partial charge is 0.282 e. The minimum absolute atomic E-state index is 0.696. The van der Waals surface area contributed by atoms with E-state index in [9.17, 15) is 14.4 Å². The first-order valence-electron chi connectivity index (χ1n) is 3.72.